The number of hydrogen-bond acceptors (Lipinski definition) is 5. The molecule has 1 saturated heterocycles. The maximum absolute atomic E-state index is 13.0. The van der Waals surface area contributed by atoms with Crippen molar-refractivity contribution >= 4 is 11.6 Å². The van der Waals surface area contributed by atoms with Gasteiger partial charge in [0.2, 0.25) is 0 Å². The molecule has 1 atom stereocenters. The molecule has 1 N–H and O–H groups in total. The molecule has 0 saturated carbocycles. The van der Waals surface area contributed by atoms with E-state index in [2.05, 4.69) is 15.4 Å². The van der Waals surface area contributed by atoms with E-state index in [0.717, 1.165) is 35.2 Å². The Morgan fingerprint density at radius 1 is 1.16 bits per heavy atom. The number of nitrogens with one attached hydrogen (secondary N) is 1. The highest BCUT2D eigenvalue weighted by atomic mass is 19.4. The summed E-state index contributed by atoms with van der Waals surface area (Å²) in [5.74, 6) is 0.0407. The molecule has 4 aromatic rings. The molecule has 0 unspecified atom stereocenters. The minimum Gasteiger partial charge on any atom is -0.487 e. The second-order valence-electron chi connectivity index (χ2n) is 8.68. The highest BCUT2D eigenvalue weighted by Gasteiger charge is 2.31. The number of amides is 1. The van der Waals surface area contributed by atoms with Gasteiger partial charge in [-0.05, 0) is 48.9 Å². The fourth-order valence-electron chi connectivity index (χ4n) is 4.05. The summed E-state index contributed by atoms with van der Waals surface area (Å²) in [7, 11) is 0. The van der Waals surface area contributed by atoms with Crippen LogP contribution in [0.3, 0.4) is 0 Å². The molecule has 1 amide bonds. The van der Waals surface area contributed by atoms with Gasteiger partial charge in [-0.25, -0.2) is 4.68 Å². The van der Waals surface area contributed by atoms with Crippen molar-refractivity contribution in [3.05, 3.63) is 90.0 Å². The van der Waals surface area contributed by atoms with Gasteiger partial charge in [-0.2, -0.15) is 18.3 Å². The van der Waals surface area contributed by atoms with E-state index in [0.29, 0.717) is 30.3 Å². The molecule has 10 heteroatoms. The summed E-state index contributed by atoms with van der Waals surface area (Å²) in [6, 6.07) is 11.3. The van der Waals surface area contributed by atoms with Crippen LogP contribution in [0.25, 0.3) is 16.8 Å². The summed E-state index contributed by atoms with van der Waals surface area (Å²) in [5, 5.41) is 7.16. The minimum atomic E-state index is -4.53. The zero-order chi connectivity index (χ0) is 26.0. The zero-order valence-electron chi connectivity index (χ0n) is 19.8. The number of halogens is 3. The maximum atomic E-state index is 13.0. The van der Waals surface area contributed by atoms with Crippen LogP contribution < -0.4 is 10.1 Å². The van der Waals surface area contributed by atoms with Crippen molar-refractivity contribution < 1.29 is 27.4 Å². The number of benzene rings is 2. The SMILES string of the molecule is Cc1ccc(NC(=O)c2cccc(C(F)(F)F)c2)cc1-n1cc(-c2cnccc2O[C@H]2CCOC2)cn1. The van der Waals surface area contributed by atoms with Gasteiger partial charge in [-0.15, -0.1) is 0 Å². The van der Waals surface area contributed by atoms with Crippen LogP contribution in [0, 0.1) is 6.92 Å². The first kappa shape index (κ1) is 24.5. The van der Waals surface area contributed by atoms with Crippen LogP contribution in [0.2, 0.25) is 0 Å². The number of pyridine rings is 1. The molecule has 0 bridgehead atoms. The quantitative estimate of drug-likeness (QED) is 0.363. The largest absolute Gasteiger partial charge is 0.487 e. The predicted molar refractivity (Wildman–Crippen MR) is 131 cm³/mol. The van der Waals surface area contributed by atoms with E-state index < -0.39 is 17.6 Å². The Bertz CT molecular complexity index is 1430. The van der Waals surface area contributed by atoms with Gasteiger partial charge in [0, 0.05) is 47.4 Å². The van der Waals surface area contributed by atoms with Crippen LogP contribution in [-0.2, 0) is 10.9 Å². The van der Waals surface area contributed by atoms with Crippen molar-refractivity contribution in [2.24, 2.45) is 0 Å². The van der Waals surface area contributed by atoms with E-state index in [-0.39, 0.29) is 11.7 Å². The van der Waals surface area contributed by atoms with Crippen molar-refractivity contribution in [2.75, 3.05) is 18.5 Å². The number of alkyl halides is 3. The first-order valence-corrected chi connectivity index (χ1v) is 11.6. The summed E-state index contributed by atoms with van der Waals surface area (Å²) in [6.07, 6.45) is 3.17. The molecule has 0 radical (unpaired) electrons. The molecule has 1 aliphatic rings. The van der Waals surface area contributed by atoms with E-state index in [1.54, 1.807) is 47.5 Å². The van der Waals surface area contributed by atoms with Gasteiger partial charge < -0.3 is 14.8 Å². The van der Waals surface area contributed by atoms with Crippen molar-refractivity contribution in [3.8, 4) is 22.6 Å². The van der Waals surface area contributed by atoms with Crippen molar-refractivity contribution in [3.63, 3.8) is 0 Å². The molecule has 1 fully saturated rings. The number of rotatable bonds is 6. The molecular weight excluding hydrogens is 485 g/mol. The van der Waals surface area contributed by atoms with Gasteiger partial charge >= 0.3 is 6.18 Å². The smallest absolute Gasteiger partial charge is 0.416 e. The molecule has 2 aromatic carbocycles. The third-order valence-corrected chi connectivity index (χ3v) is 6.02. The maximum Gasteiger partial charge on any atom is 0.416 e. The Kier molecular flexibility index (Phi) is 6.66. The van der Waals surface area contributed by atoms with Crippen LogP contribution in [0.1, 0.15) is 27.9 Å². The van der Waals surface area contributed by atoms with Gasteiger partial charge in [-0.1, -0.05) is 12.1 Å². The Labute approximate surface area is 210 Å². The third-order valence-electron chi connectivity index (χ3n) is 6.02. The van der Waals surface area contributed by atoms with Gasteiger partial charge in [0.1, 0.15) is 11.9 Å². The van der Waals surface area contributed by atoms with Crippen LogP contribution in [-0.4, -0.2) is 40.0 Å². The number of aryl methyl sites for hydroxylation is 1. The average molecular weight is 509 g/mol. The van der Waals surface area contributed by atoms with Gasteiger partial charge in [0.25, 0.3) is 5.91 Å². The number of carbonyl (C=O) groups excluding carboxylic acids is 1. The van der Waals surface area contributed by atoms with Crippen molar-refractivity contribution in [1.29, 1.82) is 0 Å². The van der Waals surface area contributed by atoms with Gasteiger partial charge in [0.15, 0.2) is 0 Å². The minimum absolute atomic E-state index is 0.0180. The first-order chi connectivity index (χ1) is 17.8. The summed E-state index contributed by atoms with van der Waals surface area (Å²) in [4.78, 5) is 16.9. The molecule has 190 valence electrons. The van der Waals surface area contributed by atoms with E-state index >= 15 is 0 Å². The van der Waals surface area contributed by atoms with Gasteiger partial charge in [0.05, 0.1) is 30.7 Å². The fraction of sp³-hybridized carbons (Fsp3) is 0.222. The van der Waals surface area contributed by atoms with Crippen molar-refractivity contribution in [2.45, 2.75) is 25.6 Å². The molecule has 0 spiro atoms. The Morgan fingerprint density at radius 3 is 2.81 bits per heavy atom. The number of anilines is 1. The van der Waals surface area contributed by atoms with Crippen LogP contribution in [0.15, 0.2) is 73.3 Å². The Morgan fingerprint density at radius 2 is 2.03 bits per heavy atom. The Balaban J connectivity index is 1.38. The molecule has 37 heavy (non-hydrogen) atoms. The van der Waals surface area contributed by atoms with E-state index in [1.807, 2.05) is 13.1 Å². The lowest BCUT2D eigenvalue weighted by Gasteiger charge is -2.14. The predicted octanol–water partition coefficient (Wildman–Crippen LogP) is 5.68. The standard InChI is InChI=1S/C27H23F3N4O3/c1-17-5-6-21(33-26(35)18-3-2-4-20(11-18)27(28,29)30)12-24(17)34-15-19(13-32-34)23-14-31-9-7-25(23)37-22-8-10-36-16-22/h2-7,9,11-15,22H,8,10,16H2,1H3,(H,33,35)/t22-/m0/s1. The molecule has 0 aliphatic carbocycles. The molecular formula is C27H23F3N4O3. The molecule has 5 rings (SSSR count). The van der Waals surface area contributed by atoms with E-state index in [9.17, 15) is 18.0 Å². The second kappa shape index (κ2) is 10.1. The lowest BCUT2D eigenvalue weighted by Crippen LogP contribution is -2.16. The highest BCUT2D eigenvalue weighted by Crippen LogP contribution is 2.32. The summed E-state index contributed by atoms with van der Waals surface area (Å²) in [5.41, 5.74) is 2.61. The summed E-state index contributed by atoms with van der Waals surface area (Å²) >= 11 is 0. The third kappa shape index (κ3) is 5.49. The number of ether oxygens (including phenoxy) is 2. The van der Waals surface area contributed by atoms with E-state index in [4.69, 9.17) is 9.47 Å². The summed E-state index contributed by atoms with van der Waals surface area (Å²) < 4.78 is 52.3. The van der Waals surface area contributed by atoms with E-state index in [1.165, 1.54) is 12.1 Å². The number of hydrogen-bond donors (Lipinski definition) is 1. The lowest BCUT2D eigenvalue weighted by atomic mass is 10.1. The lowest BCUT2D eigenvalue weighted by molar-refractivity contribution is -0.137. The second-order valence-corrected chi connectivity index (χ2v) is 8.68. The first-order valence-electron chi connectivity index (χ1n) is 11.6. The monoisotopic (exact) mass is 508 g/mol. The van der Waals surface area contributed by atoms with Crippen LogP contribution in [0.4, 0.5) is 18.9 Å². The Hall–Kier alpha value is -4.18. The molecule has 2 aromatic heterocycles. The number of carbonyl (C=O) groups is 1. The number of nitrogens with zero attached hydrogens (tertiary/aromatic N) is 3. The summed E-state index contributed by atoms with van der Waals surface area (Å²) in [6.45, 7) is 3.11. The highest BCUT2D eigenvalue weighted by molar-refractivity contribution is 6.04. The topological polar surface area (TPSA) is 78.3 Å². The number of aromatic nitrogens is 3. The normalized spacial score (nSPS) is 15.5. The fourth-order valence-corrected chi connectivity index (χ4v) is 4.05. The molecule has 1 aliphatic heterocycles. The average Bonchev–Trinajstić information content (AvgIpc) is 3.58. The van der Waals surface area contributed by atoms with Crippen LogP contribution in [0.5, 0.6) is 5.75 Å². The van der Waals surface area contributed by atoms with Gasteiger partial charge in [-0.3, -0.25) is 9.78 Å². The molecule has 3 heterocycles. The molecule has 7 nitrogen and oxygen atoms in total. The van der Waals surface area contributed by atoms with Crippen molar-refractivity contribution in [1.82, 2.24) is 14.8 Å². The zero-order valence-corrected chi connectivity index (χ0v) is 19.8. The van der Waals surface area contributed by atoms with Crippen LogP contribution >= 0.6 is 0 Å².